The third-order valence-electron chi connectivity index (χ3n) is 4.84. The van der Waals surface area contributed by atoms with E-state index in [1.54, 1.807) is 6.92 Å². The van der Waals surface area contributed by atoms with Crippen molar-refractivity contribution in [2.24, 2.45) is 0 Å². The predicted octanol–water partition coefficient (Wildman–Crippen LogP) is -3.56. The van der Waals surface area contributed by atoms with E-state index in [2.05, 4.69) is 20.6 Å². The second kappa shape index (κ2) is 9.80. The molecule has 1 heterocycles. The average molecular weight is 411 g/mol. The van der Waals surface area contributed by atoms with Crippen molar-refractivity contribution in [3.8, 4) is 0 Å². The van der Waals surface area contributed by atoms with Gasteiger partial charge in [0.1, 0.15) is 52.8 Å². The summed E-state index contributed by atoms with van der Waals surface area (Å²) in [7, 11) is 35.7. The van der Waals surface area contributed by atoms with Gasteiger partial charge in [-0.25, -0.2) is 4.98 Å². The number of hydrogen-bond acceptors (Lipinski definition) is 3. The maximum Gasteiger partial charge on any atom is 0.271 e. The van der Waals surface area contributed by atoms with Crippen LogP contribution in [0.1, 0.15) is 44.6 Å². The van der Waals surface area contributed by atoms with Crippen molar-refractivity contribution >= 4 is 98.3 Å². The molecule has 12 heteroatoms. The molecule has 1 aromatic carbocycles. The van der Waals surface area contributed by atoms with E-state index in [1.165, 1.54) is 12.4 Å². The fourth-order valence-electron chi connectivity index (χ4n) is 2.96. The molecule has 1 aromatic heterocycles. The molecule has 0 fully saturated rings. The first-order chi connectivity index (χ1) is 14.8. The molecular formula is C20H18B6N4O2. The Labute approximate surface area is 196 Å². The lowest BCUT2D eigenvalue weighted by atomic mass is 9.60. The average Bonchev–Trinajstić information content (AvgIpc) is 3.23. The minimum absolute atomic E-state index is 0.0161. The van der Waals surface area contributed by atoms with Gasteiger partial charge in [-0.05, 0) is 18.6 Å². The van der Waals surface area contributed by atoms with Crippen LogP contribution < -0.4 is 37.9 Å². The molecule has 0 atom stereocenters. The quantitative estimate of drug-likeness (QED) is 0.261. The van der Waals surface area contributed by atoms with Crippen LogP contribution in [0.2, 0.25) is 0 Å². The highest BCUT2D eigenvalue weighted by atomic mass is 16.2. The largest absolute Gasteiger partial charge is 0.348 e. The van der Waals surface area contributed by atoms with E-state index in [4.69, 9.17) is 47.1 Å². The minimum Gasteiger partial charge on any atom is -0.348 e. The van der Waals surface area contributed by atoms with Crippen LogP contribution >= 0.6 is 0 Å². The number of allylic oxidation sites excluding steroid dienone is 1. The van der Waals surface area contributed by atoms with Gasteiger partial charge in [-0.15, -0.1) is 16.4 Å². The van der Waals surface area contributed by atoms with Crippen molar-refractivity contribution in [2.45, 2.75) is 33.1 Å². The monoisotopic (exact) mass is 412 g/mol. The Morgan fingerprint density at radius 2 is 1.56 bits per heavy atom. The van der Waals surface area contributed by atoms with Crippen molar-refractivity contribution in [2.75, 3.05) is 0 Å². The summed E-state index contributed by atoms with van der Waals surface area (Å²) in [5.41, 5.74) is 1.72. The number of hydrogen-bond donors (Lipinski definition) is 3. The maximum absolute atomic E-state index is 12.9. The van der Waals surface area contributed by atoms with Gasteiger partial charge in [-0.3, -0.25) is 9.59 Å². The lowest BCUT2D eigenvalue weighted by molar-refractivity contribution is -0.118. The highest BCUT2D eigenvalue weighted by Gasteiger charge is 2.22. The summed E-state index contributed by atoms with van der Waals surface area (Å²) in [4.78, 5) is 31.3. The lowest BCUT2D eigenvalue weighted by Crippen LogP contribution is -2.55. The summed E-state index contributed by atoms with van der Waals surface area (Å²) < 4.78 is 0. The molecular weight excluding hydrogens is 393 g/mol. The number of nitrogens with zero attached hydrogens (tertiary/aromatic N) is 1. The fourth-order valence-corrected chi connectivity index (χ4v) is 2.96. The van der Waals surface area contributed by atoms with Crippen LogP contribution in [0.25, 0.3) is 11.5 Å². The van der Waals surface area contributed by atoms with Gasteiger partial charge in [0.25, 0.3) is 5.91 Å². The van der Waals surface area contributed by atoms with E-state index < -0.39 is 5.91 Å². The number of H-pyrrole nitrogens is 1. The number of aromatic nitrogens is 2. The Bertz CT molecular complexity index is 1100. The van der Waals surface area contributed by atoms with Crippen LogP contribution in [-0.2, 0) is 15.0 Å². The van der Waals surface area contributed by atoms with Gasteiger partial charge >= 0.3 is 0 Å². The second-order valence-corrected chi connectivity index (χ2v) is 8.17. The van der Waals surface area contributed by atoms with Gasteiger partial charge in [0.2, 0.25) is 6.41 Å². The molecule has 2 rings (SSSR count). The molecule has 3 N–H and O–H groups in total. The number of rotatable bonds is 6. The summed E-state index contributed by atoms with van der Waals surface area (Å²) in [6, 6.07) is 0. The van der Waals surface area contributed by atoms with E-state index >= 15 is 0 Å². The summed E-state index contributed by atoms with van der Waals surface area (Å²) in [5, 5.41) is 4.95. The third-order valence-corrected chi connectivity index (χ3v) is 4.84. The predicted molar refractivity (Wildman–Crippen MR) is 134 cm³/mol. The molecule has 2 amide bonds. The Morgan fingerprint density at radius 3 is 2.06 bits per heavy atom. The summed E-state index contributed by atoms with van der Waals surface area (Å²) in [6.45, 7) is 7.60. The Morgan fingerprint density at radius 1 is 1.03 bits per heavy atom. The second-order valence-electron chi connectivity index (χ2n) is 8.17. The van der Waals surface area contributed by atoms with Crippen molar-refractivity contribution in [3.63, 3.8) is 0 Å². The molecule has 0 aliphatic rings. The first kappa shape index (κ1) is 25.5. The number of benzene rings is 1. The van der Waals surface area contributed by atoms with E-state index in [0.29, 0.717) is 17.8 Å². The van der Waals surface area contributed by atoms with Gasteiger partial charge in [-0.2, -0.15) is 0 Å². The number of imidazole rings is 1. The Balaban J connectivity index is 2.48. The van der Waals surface area contributed by atoms with E-state index in [1.807, 2.05) is 20.8 Å². The van der Waals surface area contributed by atoms with Crippen LogP contribution in [0.5, 0.6) is 0 Å². The van der Waals surface area contributed by atoms with Crippen LogP contribution in [0, 0.1) is 0 Å². The first-order valence-electron chi connectivity index (χ1n) is 9.56. The maximum atomic E-state index is 12.9. The van der Waals surface area contributed by atoms with E-state index in [9.17, 15) is 9.59 Å². The molecule has 0 unspecified atom stereocenters. The number of amides is 2. The molecule has 2 aromatic rings. The SMILES string of the molecule is [B]/C(=C(\C)NC(=O)/C(=C/c1c([B])c([B])c([B])c([B])c1[B])NC=O)c1nc[nH]c1C(C)(C)C. The molecule has 12 radical (unpaired) electrons. The number of carbonyl (C=O) groups excluding carboxylic acids is 2. The zero-order valence-electron chi connectivity index (χ0n) is 18.5. The van der Waals surface area contributed by atoms with E-state index in [-0.39, 0.29) is 49.5 Å². The molecule has 0 saturated heterocycles. The highest BCUT2D eigenvalue weighted by Crippen LogP contribution is 2.27. The third kappa shape index (κ3) is 5.17. The van der Waals surface area contributed by atoms with Crippen molar-refractivity contribution in [1.29, 1.82) is 0 Å². The molecule has 0 spiro atoms. The molecule has 0 aliphatic carbocycles. The number of carbonyl (C=O) groups is 2. The van der Waals surface area contributed by atoms with Crippen LogP contribution in [-0.4, -0.2) is 69.4 Å². The number of nitrogens with one attached hydrogen (secondary N) is 3. The zero-order chi connectivity index (χ0) is 24.4. The first-order valence-corrected chi connectivity index (χ1v) is 9.56. The van der Waals surface area contributed by atoms with E-state index in [0.717, 1.165) is 5.69 Å². The van der Waals surface area contributed by atoms with Crippen molar-refractivity contribution in [1.82, 2.24) is 20.6 Å². The van der Waals surface area contributed by atoms with Crippen LogP contribution in [0.3, 0.4) is 0 Å². The smallest absolute Gasteiger partial charge is 0.271 e. The Hall–Kier alpha value is -2.76. The minimum atomic E-state index is -0.682. The van der Waals surface area contributed by atoms with Gasteiger partial charge < -0.3 is 15.6 Å². The highest BCUT2D eigenvalue weighted by molar-refractivity contribution is 6.67. The lowest BCUT2D eigenvalue weighted by Gasteiger charge is -2.20. The fraction of sp³-hybridized carbons (Fsp3) is 0.250. The van der Waals surface area contributed by atoms with Crippen LogP contribution in [0.15, 0.2) is 17.7 Å². The summed E-state index contributed by atoms with van der Waals surface area (Å²) in [6.07, 6.45) is 3.10. The molecule has 0 aliphatic heterocycles. The van der Waals surface area contributed by atoms with Crippen LogP contribution in [0.4, 0.5) is 0 Å². The van der Waals surface area contributed by atoms with Gasteiger partial charge in [0.05, 0.1) is 12.0 Å². The standard InChI is InChI=1S/C20H18B6N4O2/c1-8(11(21)17-18(20(2,3)4)28-6-27-17)30-19(32)10(29-7-31)5-9-12(22)14(24)16(26)15(25)13(9)23/h5-7H,1-4H3,(H,27,28)(H,29,31)(H,30,32)/b10-5-,11-8+. The van der Waals surface area contributed by atoms with Gasteiger partial charge in [0.15, 0.2) is 0 Å². The number of aromatic amines is 1. The van der Waals surface area contributed by atoms with Crippen molar-refractivity contribution < 1.29 is 9.59 Å². The summed E-state index contributed by atoms with van der Waals surface area (Å²) in [5.74, 6) is -0.682. The Kier molecular flexibility index (Phi) is 7.81. The normalized spacial score (nSPS) is 12.8. The topological polar surface area (TPSA) is 86.9 Å². The molecule has 0 bridgehead atoms. The molecule has 6 nitrogen and oxygen atoms in total. The molecule has 0 saturated carbocycles. The van der Waals surface area contributed by atoms with Crippen molar-refractivity contribution in [3.05, 3.63) is 34.7 Å². The van der Waals surface area contributed by atoms with Gasteiger partial charge in [-0.1, -0.05) is 37.2 Å². The summed E-state index contributed by atoms with van der Waals surface area (Å²) >= 11 is 0. The van der Waals surface area contributed by atoms with Gasteiger partial charge in [0, 0.05) is 16.8 Å². The molecule has 148 valence electrons. The zero-order valence-corrected chi connectivity index (χ0v) is 18.5. The molecule has 32 heavy (non-hydrogen) atoms.